The molecule has 0 amide bonds. The van der Waals surface area contributed by atoms with Gasteiger partial charge < -0.3 is 5.32 Å². The van der Waals surface area contributed by atoms with Crippen LogP contribution in [0.15, 0.2) is 18.2 Å². The van der Waals surface area contributed by atoms with Crippen molar-refractivity contribution in [1.82, 2.24) is 24.6 Å². The van der Waals surface area contributed by atoms with Crippen LogP contribution in [-0.4, -0.2) is 24.6 Å². The summed E-state index contributed by atoms with van der Waals surface area (Å²) in [6.45, 7) is 5.77. The van der Waals surface area contributed by atoms with Crippen molar-refractivity contribution in [3.8, 4) is 0 Å². The van der Waals surface area contributed by atoms with Crippen molar-refractivity contribution >= 4 is 29.1 Å². The first-order valence-corrected chi connectivity index (χ1v) is 6.52. The molecule has 3 aromatic rings. The molecule has 3 aromatic heterocycles. The number of hydrogen-bond donors (Lipinski definition) is 1. The Morgan fingerprint density at radius 2 is 1.85 bits per heavy atom. The lowest BCUT2D eigenvalue weighted by atomic mass is 10.2. The van der Waals surface area contributed by atoms with Gasteiger partial charge in [-0.15, -0.1) is 5.10 Å². The Morgan fingerprint density at radius 3 is 2.65 bits per heavy atom. The van der Waals surface area contributed by atoms with Gasteiger partial charge in [0.15, 0.2) is 0 Å². The standard InChI is InChI=1S/C13H13ClN6/c1-7-4-5-8(2)15-11(7)17-12-18-13-16-9(3)6-10(14)20(13)19-12/h4-6H,1-3H3,(H,15,17,19). The molecule has 0 aliphatic carbocycles. The van der Waals surface area contributed by atoms with Crippen LogP contribution in [0.3, 0.4) is 0 Å². The molecule has 0 saturated heterocycles. The number of hydrogen-bond acceptors (Lipinski definition) is 5. The van der Waals surface area contributed by atoms with E-state index in [1.807, 2.05) is 32.9 Å². The zero-order chi connectivity index (χ0) is 14.3. The zero-order valence-electron chi connectivity index (χ0n) is 11.3. The molecular formula is C13H13ClN6. The van der Waals surface area contributed by atoms with Crippen LogP contribution in [0.1, 0.15) is 17.0 Å². The van der Waals surface area contributed by atoms with E-state index in [1.54, 1.807) is 6.07 Å². The molecule has 0 aromatic carbocycles. The molecule has 0 unspecified atom stereocenters. The summed E-state index contributed by atoms with van der Waals surface area (Å²) in [6.07, 6.45) is 0. The average molecular weight is 289 g/mol. The minimum absolute atomic E-state index is 0.422. The van der Waals surface area contributed by atoms with E-state index >= 15 is 0 Å². The molecule has 7 heteroatoms. The first-order chi connectivity index (χ1) is 9.52. The summed E-state index contributed by atoms with van der Waals surface area (Å²) in [5.41, 5.74) is 2.74. The second-order valence-electron chi connectivity index (χ2n) is 4.61. The molecule has 3 heterocycles. The van der Waals surface area contributed by atoms with Gasteiger partial charge >= 0.3 is 0 Å². The van der Waals surface area contributed by atoms with Crippen molar-refractivity contribution in [1.29, 1.82) is 0 Å². The highest BCUT2D eigenvalue weighted by Crippen LogP contribution is 2.18. The number of halogens is 1. The van der Waals surface area contributed by atoms with Crippen molar-refractivity contribution in [2.75, 3.05) is 5.32 Å². The number of anilines is 2. The van der Waals surface area contributed by atoms with Gasteiger partial charge in [0.05, 0.1) is 0 Å². The highest BCUT2D eigenvalue weighted by Gasteiger charge is 2.10. The fourth-order valence-corrected chi connectivity index (χ4v) is 2.13. The van der Waals surface area contributed by atoms with Crippen LogP contribution >= 0.6 is 11.6 Å². The van der Waals surface area contributed by atoms with Crippen molar-refractivity contribution in [3.63, 3.8) is 0 Å². The summed E-state index contributed by atoms with van der Waals surface area (Å²) in [4.78, 5) is 13.0. The second-order valence-corrected chi connectivity index (χ2v) is 5.00. The van der Waals surface area contributed by atoms with Gasteiger partial charge in [0.1, 0.15) is 11.0 Å². The SMILES string of the molecule is Cc1ccc(C)c(Nc2nc3nc(C)cc(Cl)n3n2)n1. The quantitative estimate of drug-likeness (QED) is 0.734. The minimum Gasteiger partial charge on any atom is -0.307 e. The van der Waals surface area contributed by atoms with Crippen molar-refractivity contribution < 1.29 is 0 Å². The van der Waals surface area contributed by atoms with Gasteiger partial charge in [-0.2, -0.15) is 9.50 Å². The molecule has 20 heavy (non-hydrogen) atoms. The van der Waals surface area contributed by atoms with E-state index in [4.69, 9.17) is 11.6 Å². The smallest absolute Gasteiger partial charge is 0.255 e. The molecule has 102 valence electrons. The molecule has 0 saturated carbocycles. The summed E-state index contributed by atoms with van der Waals surface area (Å²) in [5, 5.41) is 7.85. The number of nitrogens with zero attached hydrogens (tertiary/aromatic N) is 5. The van der Waals surface area contributed by atoms with Crippen molar-refractivity contribution in [2.45, 2.75) is 20.8 Å². The van der Waals surface area contributed by atoms with Gasteiger partial charge in [-0.25, -0.2) is 9.97 Å². The Labute approximate surface area is 120 Å². The lowest BCUT2D eigenvalue weighted by molar-refractivity contribution is 0.931. The predicted octanol–water partition coefficient (Wildman–Crippen LogP) is 2.84. The Kier molecular flexibility index (Phi) is 3.02. The molecular weight excluding hydrogens is 276 g/mol. The van der Waals surface area contributed by atoms with Crippen molar-refractivity contribution in [3.05, 3.63) is 40.3 Å². The molecule has 0 radical (unpaired) electrons. The zero-order valence-corrected chi connectivity index (χ0v) is 12.1. The number of aromatic nitrogens is 5. The Hall–Kier alpha value is -2.21. The first kappa shape index (κ1) is 12.8. The van der Waals surface area contributed by atoms with E-state index < -0.39 is 0 Å². The number of rotatable bonds is 2. The minimum atomic E-state index is 0.422. The molecule has 0 bridgehead atoms. The fourth-order valence-electron chi connectivity index (χ4n) is 1.85. The molecule has 6 nitrogen and oxygen atoms in total. The maximum Gasteiger partial charge on any atom is 0.255 e. The Balaban J connectivity index is 2.03. The molecule has 1 N–H and O–H groups in total. The summed E-state index contributed by atoms with van der Waals surface area (Å²) < 4.78 is 1.49. The lowest BCUT2D eigenvalue weighted by Gasteiger charge is -2.05. The third-order valence-electron chi connectivity index (χ3n) is 2.86. The maximum absolute atomic E-state index is 6.11. The van der Waals surface area contributed by atoms with Crippen LogP contribution in [0.5, 0.6) is 0 Å². The number of fused-ring (bicyclic) bond motifs is 1. The Morgan fingerprint density at radius 1 is 1.05 bits per heavy atom. The number of aryl methyl sites for hydroxylation is 3. The van der Waals surface area contributed by atoms with Gasteiger partial charge in [-0.1, -0.05) is 17.7 Å². The normalized spacial score (nSPS) is 11.0. The van der Waals surface area contributed by atoms with E-state index in [0.29, 0.717) is 16.9 Å². The third kappa shape index (κ3) is 2.30. The largest absolute Gasteiger partial charge is 0.307 e. The van der Waals surface area contributed by atoms with Gasteiger partial charge in [0, 0.05) is 11.4 Å². The molecule has 0 aliphatic heterocycles. The van der Waals surface area contributed by atoms with Gasteiger partial charge in [0.2, 0.25) is 5.95 Å². The molecule has 0 spiro atoms. The van der Waals surface area contributed by atoms with Crippen LogP contribution in [-0.2, 0) is 0 Å². The van der Waals surface area contributed by atoms with E-state index in [1.165, 1.54) is 4.52 Å². The predicted molar refractivity (Wildman–Crippen MR) is 77.5 cm³/mol. The average Bonchev–Trinajstić information content (AvgIpc) is 2.76. The Bertz CT molecular complexity index is 795. The van der Waals surface area contributed by atoms with Crippen LogP contribution in [0.25, 0.3) is 5.78 Å². The van der Waals surface area contributed by atoms with Crippen LogP contribution in [0, 0.1) is 20.8 Å². The fraction of sp³-hybridized carbons (Fsp3) is 0.231. The summed E-state index contributed by atoms with van der Waals surface area (Å²) in [5.74, 6) is 1.61. The van der Waals surface area contributed by atoms with E-state index in [2.05, 4.69) is 25.4 Å². The highest BCUT2D eigenvalue weighted by molar-refractivity contribution is 6.29. The third-order valence-corrected chi connectivity index (χ3v) is 3.13. The molecule has 0 fully saturated rings. The molecule has 0 atom stereocenters. The topological polar surface area (TPSA) is 68.0 Å². The number of nitrogens with one attached hydrogen (secondary N) is 1. The van der Waals surface area contributed by atoms with Gasteiger partial charge in [-0.3, -0.25) is 0 Å². The first-order valence-electron chi connectivity index (χ1n) is 6.14. The second kappa shape index (κ2) is 4.72. The van der Waals surface area contributed by atoms with Crippen LogP contribution in [0.4, 0.5) is 11.8 Å². The maximum atomic E-state index is 6.11. The monoisotopic (exact) mass is 288 g/mol. The highest BCUT2D eigenvalue weighted by atomic mass is 35.5. The summed E-state index contributed by atoms with van der Waals surface area (Å²) in [6, 6.07) is 5.69. The van der Waals surface area contributed by atoms with Crippen molar-refractivity contribution in [2.24, 2.45) is 0 Å². The lowest BCUT2D eigenvalue weighted by Crippen LogP contribution is -1.99. The van der Waals surface area contributed by atoms with Gasteiger partial charge in [-0.05, 0) is 38.5 Å². The van der Waals surface area contributed by atoms with Crippen LogP contribution in [0.2, 0.25) is 5.15 Å². The van der Waals surface area contributed by atoms with Gasteiger partial charge in [0.25, 0.3) is 5.78 Å². The van der Waals surface area contributed by atoms with E-state index in [-0.39, 0.29) is 0 Å². The molecule has 3 rings (SSSR count). The molecule has 0 aliphatic rings. The van der Waals surface area contributed by atoms with E-state index in [9.17, 15) is 0 Å². The summed E-state index contributed by atoms with van der Waals surface area (Å²) >= 11 is 6.11. The van der Waals surface area contributed by atoms with Crippen LogP contribution < -0.4 is 5.32 Å². The number of pyridine rings is 1. The van der Waals surface area contributed by atoms with E-state index in [0.717, 1.165) is 22.8 Å². The summed E-state index contributed by atoms with van der Waals surface area (Å²) in [7, 11) is 0.